The van der Waals surface area contributed by atoms with Crippen LogP contribution in [-0.2, 0) is 22.5 Å². The van der Waals surface area contributed by atoms with Crippen LogP contribution >= 0.6 is 0 Å². The first-order valence-electron chi connectivity index (χ1n) is 8.93. The smallest absolute Gasteiger partial charge is 0.264 e. The van der Waals surface area contributed by atoms with Crippen LogP contribution in [0.5, 0.6) is 0 Å². The van der Waals surface area contributed by atoms with E-state index in [1.54, 1.807) is 0 Å². The standard InChI is InChI=1S/C21H22N2O2/c24-21(22-19-13-11-16-8-4-5-9-18(16)19)20-14-17(23-25-20)12-10-15-6-2-1-3-7-15/h1-9,19-20H,10-14H2,(H,22,24)/t19-,20-/m1/s1. The highest BCUT2D eigenvalue weighted by Crippen LogP contribution is 2.31. The second kappa shape index (κ2) is 7.09. The number of nitrogens with zero attached hydrogens (tertiary/aromatic N) is 1. The van der Waals surface area contributed by atoms with Gasteiger partial charge in [-0.15, -0.1) is 0 Å². The van der Waals surface area contributed by atoms with E-state index in [0.717, 1.165) is 31.4 Å². The van der Waals surface area contributed by atoms with E-state index in [1.807, 2.05) is 24.3 Å². The first-order valence-corrected chi connectivity index (χ1v) is 8.93. The molecular weight excluding hydrogens is 312 g/mol. The number of aryl methyl sites for hydroxylation is 2. The summed E-state index contributed by atoms with van der Waals surface area (Å²) >= 11 is 0. The van der Waals surface area contributed by atoms with Gasteiger partial charge in [0.2, 0.25) is 6.10 Å². The molecule has 2 aromatic carbocycles. The van der Waals surface area contributed by atoms with Crippen molar-refractivity contribution >= 4 is 11.6 Å². The lowest BCUT2D eigenvalue weighted by Crippen LogP contribution is -2.36. The van der Waals surface area contributed by atoms with Gasteiger partial charge in [0.15, 0.2) is 0 Å². The Balaban J connectivity index is 1.29. The zero-order valence-corrected chi connectivity index (χ0v) is 14.2. The molecule has 2 atom stereocenters. The monoisotopic (exact) mass is 334 g/mol. The normalized spacial score (nSPS) is 21.4. The summed E-state index contributed by atoms with van der Waals surface area (Å²) in [5.74, 6) is -0.0554. The van der Waals surface area contributed by atoms with Crippen molar-refractivity contribution in [3.05, 3.63) is 71.3 Å². The highest BCUT2D eigenvalue weighted by Gasteiger charge is 2.31. The molecule has 1 amide bonds. The molecule has 0 saturated heterocycles. The third-order valence-electron chi connectivity index (χ3n) is 5.02. The average molecular weight is 334 g/mol. The number of carbonyl (C=O) groups is 1. The van der Waals surface area contributed by atoms with Gasteiger partial charge in [-0.05, 0) is 42.4 Å². The van der Waals surface area contributed by atoms with Crippen molar-refractivity contribution in [3.8, 4) is 0 Å². The molecular formula is C21H22N2O2. The molecule has 128 valence electrons. The Morgan fingerprint density at radius 3 is 2.76 bits per heavy atom. The van der Waals surface area contributed by atoms with Crippen LogP contribution in [0.4, 0.5) is 0 Å². The largest absolute Gasteiger partial charge is 0.382 e. The number of hydrogen-bond donors (Lipinski definition) is 1. The van der Waals surface area contributed by atoms with E-state index in [4.69, 9.17) is 4.84 Å². The molecule has 4 nitrogen and oxygen atoms in total. The van der Waals surface area contributed by atoms with Gasteiger partial charge in [0, 0.05) is 6.42 Å². The second-order valence-electron chi connectivity index (χ2n) is 6.74. The van der Waals surface area contributed by atoms with Gasteiger partial charge in [0.25, 0.3) is 5.91 Å². The van der Waals surface area contributed by atoms with Crippen LogP contribution in [0.2, 0.25) is 0 Å². The number of hydrogen-bond acceptors (Lipinski definition) is 3. The molecule has 0 spiro atoms. The Morgan fingerprint density at radius 2 is 1.88 bits per heavy atom. The van der Waals surface area contributed by atoms with E-state index >= 15 is 0 Å². The molecule has 0 radical (unpaired) electrons. The molecule has 25 heavy (non-hydrogen) atoms. The van der Waals surface area contributed by atoms with Crippen molar-refractivity contribution in [3.63, 3.8) is 0 Å². The minimum Gasteiger partial charge on any atom is -0.382 e. The van der Waals surface area contributed by atoms with Crippen LogP contribution in [0.15, 0.2) is 59.8 Å². The molecule has 1 aliphatic heterocycles. The minimum absolute atomic E-state index is 0.0554. The number of oxime groups is 1. The lowest BCUT2D eigenvalue weighted by atomic mass is 10.0. The summed E-state index contributed by atoms with van der Waals surface area (Å²) in [5, 5.41) is 7.26. The van der Waals surface area contributed by atoms with E-state index in [2.05, 4.69) is 40.8 Å². The van der Waals surface area contributed by atoms with Crippen LogP contribution in [0.1, 0.15) is 42.0 Å². The van der Waals surface area contributed by atoms with Gasteiger partial charge in [0.1, 0.15) is 0 Å². The quantitative estimate of drug-likeness (QED) is 0.909. The first-order chi connectivity index (χ1) is 12.3. The van der Waals surface area contributed by atoms with Gasteiger partial charge in [0.05, 0.1) is 11.8 Å². The van der Waals surface area contributed by atoms with E-state index in [-0.39, 0.29) is 11.9 Å². The number of carbonyl (C=O) groups excluding carboxylic acids is 1. The van der Waals surface area contributed by atoms with Crippen molar-refractivity contribution < 1.29 is 9.63 Å². The molecule has 2 aliphatic rings. The van der Waals surface area contributed by atoms with Crippen LogP contribution in [-0.4, -0.2) is 17.7 Å². The lowest BCUT2D eigenvalue weighted by Gasteiger charge is -2.16. The van der Waals surface area contributed by atoms with Crippen molar-refractivity contribution in [1.82, 2.24) is 5.32 Å². The summed E-state index contributed by atoms with van der Waals surface area (Å²) in [4.78, 5) is 17.9. The minimum atomic E-state index is -0.487. The van der Waals surface area contributed by atoms with E-state index in [1.165, 1.54) is 16.7 Å². The van der Waals surface area contributed by atoms with Crippen LogP contribution in [0, 0.1) is 0 Å². The molecule has 0 aromatic heterocycles. The Hall–Kier alpha value is -2.62. The molecule has 1 aliphatic carbocycles. The number of benzene rings is 2. The molecule has 1 heterocycles. The predicted octanol–water partition coefficient (Wildman–Crippen LogP) is 3.57. The Morgan fingerprint density at radius 1 is 1.08 bits per heavy atom. The maximum Gasteiger partial charge on any atom is 0.264 e. The highest BCUT2D eigenvalue weighted by molar-refractivity contribution is 5.93. The predicted molar refractivity (Wildman–Crippen MR) is 97.3 cm³/mol. The fourth-order valence-corrected chi connectivity index (χ4v) is 3.62. The summed E-state index contributed by atoms with van der Waals surface area (Å²) < 4.78 is 0. The average Bonchev–Trinajstić information content (AvgIpc) is 3.29. The van der Waals surface area contributed by atoms with Gasteiger partial charge in [-0.3, -0.25) is 4.79 Å². The van der Waals surface area contributed by atoms with Crippen molar-refractivity contribution in [2.24, 2.45) is 5.16 Å². The fourth-order valence-electron chi connectivity index (χ4n) is 3.62. The molecule has 0 fully saturated rings. The third kappa shape index (κ3) is 3.58. The zero-order chi connectivity index (χ0) is 17.1. The Bertz CT molecular complexity index is 785. The van der Waals surface area contributed by atoms with Gasteiger partial charge in [-0.1, -0.05) is 59.8 Å². The Labute approximate surface area is 147 Å². The van der Waals surface area contributed by atoms with Crippen LogP contribution in [0.3, 0.4) is 0 Å². The van der Waals surface area contributed by atoms with Crippen molar-refractivity contribution in [2.45, 2.75) is 44.2 Å². The highest BCUT2D eigenvalue weighted by atomic mass is 16.6. The molecule has 4 rings (SSSR count). The Kier molecular flexibility index (Phi) is 4.51. The first kappa shape index (κ1) is 15.9. The fraction of sp³-hybridized carbons (Fsp3) is 0.333. The molecule has 4 heteroatoms. The van der Waals surface area contributed by atoms with Crippen LogP contribution in [0.25, 0.3) is 0 Å². The van der Waals surface area contributed by atoms with Gasteiger partial charge in [-0.25, -0.2) is 0 Å². The summed E-state index contributed by atoms with van der Waals surface area (Å²) in [7, 11) is 0. The molecule has 0 unspecified atom stereocenters. The maximum absolute atomic E-state index is 12.5. The number of amides is 1. The molecule has 0 saturated carbocycles. The van der Waals surface area contributed by atoms with E-state index in [0.29, 0.717) is 6.42 Å². The number of rotatable bonds is 5. The summed E-state index contributed by atoms with van der Waals surface area (Å²) in [6, 6.07) is 18.7. The van der Waals surface area contributed by atoms with Crippen molar-refractivity contribution in [2.75, 3.05) is 0 Å². The molecule has 1 N–H and O–H groups in total. The third-order valence-corrected chi connectivity index (χ3v) is 5.02. The number of nitrogens with one attached hydrogen (secondary N) is 1. The van der Waals surface area contributed by atoms with E-state index in [9.17, 15) is 4.79 Å². The van der Waals surface area contributed by atoms with Crippen molar-refractivity contribution in [1.29, 1.82) is 0 Å². The van der Waals surface area contributed by atoms with Gasteiger partial charge < -0.3 is 10.2 Å². The lowest BCUT2D eigenvalue weighted by molar-refractivity contribution is -0.131. The topological polar surface area (TPSA) is 50.7 Å². The van der Waals surface area contributed by atoms with Gasteiger partial charge >= 0.3 is 0 Å². The summed E-state index contributed by atoms with van der Waals surface area (Å²) in [6.45, 7) is 0. The SMILES string of the molecule is O=C(N[C@@H]1CCc2ccccc21)[C@H]1CC(CCc2ccccc2)=NO1. The maximum atomic E-state index is 12.5. The van der Waals surface area contributed by atoms with Gasteiger partial charge in [-0.2, -0.15) is 0 Å². The zero-order valence-electron chi connectivity index (χ0n) is 14.2. The summed E-state index contributed by atoms with van der Waals surface area (Å²) in [6.07, 6.45) is 3.84. The molecule has 0 bridgehead atoms. The second-order valence-corrected chi connectivity index (χ2v) is 6.74. The van der Waals surface area contributed by atoms with Crippen LogP contribution < -0.4 is 5.32 Å². The van der Waals surface area contributed by atoms with E-state index < -0.39 is 6.10 Å². The number of fused-ring (bicyclic) bond motifs is 1. The molecule has 2 aromatic rings. The summed E-state index contributed by atoms with van der Waals surface area (Å²) in [5.41, 5.74) is 4.82.